The van der Waals surface area contributed by atoms with Crippen molar-refractivity contribution in [3.05, 3.63) is 29.3 Å². The van der Waals surface area contributed by atoms with E-state index in [0.29, 0.717) is 6.04 Å². The molecule has 1 aromatic carbocycles. The number of aryl methyl sites for hydroxylation is 1. The highest BCUT2D eigenvalue weighted by atomic mass is 32.2. The van der Waals surface area contributed by atoms with Gasteiger partial charge in [0.05, 0.1) is 0 Å². The van der Waals surface area contributed by atoms with Crippen molar-refractivity contribution in [2.45, 2.75) is 57.5 Å². The fourth-order valence-electron chi connectivity index (χ4n) is 2.97. The highest BCUT2D eigenvalue weighted by molar-refractivity contribution is 8.00. The molecule has 3 rings (SSSR count). The fourth-order valence-corrected chi connectivity index (χ4v) is 4.07. The number of nitrogens with one attached hydrogen (secondary N) is 1. The van der Waals surface area contributed by atoms with E-state index in [1.165, 1.54) is 42.0 Å². The lowest BCUT2D eigenvalue weighted by atomic mass is 10.1. The fraction of sp³-hybridized carbons (Fsp3) is 0.647. The first kappa shape index (κ1) is 14.3. The van der Waals surface area contributed by atoms with Crippen LogP contribution in [0.1, 0.15) is 37.8 Å². The van der Waals surface area contributed by atoms with Crippen molar-refractivity contribution >= 4 is 17.4 Å². The van der Waals surface area contributed by atoms with Crippen molar-refractivity contribution in [3.63, 3.8) is 0 Å². The number of rotatable bonds is 4. The van der Waals surface area contributed by atoms with Gasteiger partial charge in [-0.15, -0.1) is 0 Å². The molecule has 1 aromatic rings. The quantitative estimate of drug-likeness (QED) is 0.912. The van der Waals surface area contributed by atoms with Crippen molar-refractivity contribution in [2.24, 2.45) is 0 Å². The molecule has 2 aliphatic rings. The van der Waals surface area contributed by atoms with E-state index < -0.39 is 0 Å². The Balaban J connectivity index is 1.72. The number of nitrogens with zero attached hydrogens (tertiary/aromatic N) is 1. The van der Waals surface area contributed by atoms with E-state index in [0.717, 1.165) is 17.8 Å². The number of hydrogen-bond donors (Lipinski definition) is 1. The SMILES string of the molecule is Cc1cc(CNC2CC2)ccc1N1CCSC(C)C1C. The zero-order valence-corrected chi connectivity index (χ0v) is 13.7. The molecule has 0 aromatic heterocycles. The van der Waals surface area contributed by atoms with E-state index in [1.807, 2.05) is 0 Å². The van der Waals surface area contributed by atoms with Crippen LogP contribution >= 0.6 is 11.8 Å². The van der Waals surface area contributed by atoms with Crippen molar-refractivity contribution in [1.82, 2.24) is 5.32 Å². The van der Waals surface area contributed by atoms with Crippen LogP contribution < -0.4 is 10.2 Å². The zero-order valence-electron chi connectivity index (χ0n) is 12.9. The zero-order chi connectivity index (χ0) is 14.1. The molecular formula is C17H26N2S. The molecule has 1 N–H and O–H groups in total. The van der Waals surface area contributed by atoms with Gasteiger partial charge in [0.25, 0.3) is 0 Å². The largest absolute Gasteiger partial charge is 0.367 e. The average molecular weight is 290 g/mol. The normalized spacial score (nSPS) is 26.9. The first-order chi connectivity index (χ1) is 9.65. The summed E-state index contributed by atoms with van der Waals surface area (Å²) >= 11 is 2.10. The number of benzene rings is 1. The summed E-state index contributed by atoms with van der Waals surface area (Å²) in [6.07, 6.45) is 2.72. The van der Waals surface area contributed by atoms with Crippen LogP contribution in [0.3, 0.4) is 0 Å². The van der Waals surface area contributed by atoms with Gasteiger partial charge in [0, 0.05) is 41.9 Å². The van der Waals surface area contributed by atoms with Crippen molar-refractivity contribution in [3.8, 4) is 0 Å². The Bertz CT molecular complexity index is 470. The molecule has 2 fully saturated rings. The Morgan fingerprint density at radius 3 is 2.80 bits per heavy atom. The average Bonchev–Trinajstić information content (AvgIpc) is 3.24. The summed E-state index contributed by atoms with van der Waals surface area (Å²) in [7, 11) is 0. The van der Waals surface area contributed by atoms with Gasteiger partial charge >= 0.3 is 0 Å². The molecule has 0 radical (unpaired) electrons. The first-order valence-electron chi connectivity index (χ1n) is 7.86. The molecular weight excluding hydrogens is 264 g/mol. The predicted molar refractivity (Wildman–Crippen MR) is 89.8 cm³/mol. The molecule has 20 heavy (non-hydrogen) atoms. The minimum absolute atomic E-state index is 0.628. The second-order valence-corrected chi connectivity index (χ2v) is 7.77. The van der Waals surface area contributed by atoms with Gasteiger partial charge in [-0.25, -0.2) is 0 Å². The summed E-state index contributed by atoms with van der Waals surface area (Å²) in [6.45, 7) is 9.17. The van der Waals surface area contributed by atoms with Gasteiger partial charge in [-0.3, -0.25) is 0 Å². The van der Waals surface area contributed by atoms with Crippen LogP contribution in [-0.2, 0) is 6.54 Å². The van der Waals surface area contributed by atoms with Gasteiger partial charge in [0.2, 0.25) is 0 Å². The molecule has 2 atom stereocenters. The smallest absolute Gasteiger partial charge is 0.0399 e. The van der Waals surface area contributed by atoms with Crippen LogP contribution in [0.5, 0.6) is 0 Å². The second kappa shape index (κ2) is 5.98. The third-order valence-electron chi connectivity index (χ3n) is 4.63. The summed E-state index contributed by atoms with van der Waals surface area (Å²) in [4.78, 5) is 2.59. The van der Waals surface area contributed by atoms with E-state index >= 15 is 0 Å². The van der Waals surface area contributed by atoms with E-state index in [9.17, 15) is 0 Å². The molecule has 0 spiro atoms. The van der Waals surface area contributed by atoms with Gasteiger partial charge in [-0.2, -0.15) is 11.8 Å². The maximum Gasteiger partial charge on any atom is 0.0399 e. The van der Waals surface area contributed by atoms with E-state index in [4.69, 9.17) is 0 Å². The van der Waals surface area contributed by atoms with Gasteiger partial charge in [0.1, 0.15) is 0 Å². The highest BCUT2D eigenvalue weighted by Gasteiger charge is 2.26. The van der Waals surface area contributed by atoms with Crippen LogP contribution in [-0.4, -0.2) is 29.6 Å². The molecule has 2 unspecified atom stereocenters. The molecule has 1 saturated heterocycles. The Kier molecular flexibility index (Phi) is 4.27. The molecule has 1 aliphatic carbocycles. The van der Waals surface area contributed by atoms with Crippen molar-refractivity contribution < 1.29 is 0 Å². The Labute approximate surface area is 127 Å². The molecule has 1 aliphatic heterocycles. The lowest BCUT2D eigenvalue weighted by Gasteiger charge is -2.40. The number of thioether (sulfide) groups is 1. The summed E-state index contributed by atoms with van der Waals surface area (Å²) in [5.41, 5.74) is 4.27. The van der Waals surface area contributed by atoms with Crippen LogP contribution in [0.25, 0.3) is 0 Å². The molecule has 0 bridgehead atoms. The monoisotopic (exact) mass is 290 g/mol. The second-order valence-electron chi connectivity index (χ2n) is 6.29. The summed E-state index contributed by atoms with van der Waals surface area (Å²) in [5, 5.41) is 4.32. The molecule has 110 valence electrons. The van der Waals surface area contributed by atoms with Crippen molar-refractivity contribution in [1.29, 1.82) is 0 Å². The summed E-state index contributed by atoms with van der Waals surface area (Å²) in [6, 6.07) is 8.41. The van der Waals surface area contributed by atoms with E-state index in [2.05, 4.69) is 60.9 Å². The van der Waals surface area contributed by atoms with Gasteiger partial charge in [-0.05, 0) is 43.9 Å². The van der Waals surface area contributed by atoms with Crippen LogP contribution in [0, 0.1) is 6.92 Å². The van der Waals surface area contributed by atoms with Crippen LogP contribution in [0.15, 0.2) is 18.2 Å². The van der Waals surface area contributed by atoms with Crippen LogP contribution in [0.2, 0.25) is 0 Å². The molecule has 1 heterocycles. The van der Waals surface area contributed by atoms with E-state index in [1.54, 1.807) is 0 Å². The van der Waals surface area contributed by atoms with Crippen molar-refractivity contribution in [2.75, 3.05) is 17.2 Å². The maximum atomic E-state index is 3.60. The number of hydrogen-bond acceptors (Lipinski definition) is 3. The van der Waals surface area contributed by atoms with Crippen LogP contribution in [0.4, 0.5) is 5.69 Å². The summed E-state index contributed by atoms with van der Waals surface area (Å²) in [5.74, 6) is 1.25. The Morgan fingerprint density at radius 2 is 2.10 bits per heavy atom. The van der Waals surface area contributed by atoms with Gasteiger partial charge in [-0.1, -0.05) is 19.1 Å². The molecule has 3 heteroatoms. The third kappa shape index (κ3) is 3.15. The van der Waals surface area contributed by atoms with E-state index in [-0.39, 0.29) is 0 Å². The minimum atomic E-state index is 0.628. The lowest BCUT2D eigenvalue weighted by Crippen LogP contribution is -2.45. The van der Waals surface area contributed by atoms with Gasteiger partial charge in [0.15, 0.2) is 0 Å². The Hall–Kier alpha value is -0.670. The molecule has 0 amide bonds. The topological polar surface area (TPSA) is 15.3 Å². The van der Waals surface area contributed by atoms with Gasteiger partial charge < -0.3 is 10.2 Å². The molecule has 2 nitrogen and oxygen atoms in total. The Morgan fingerprint density at radius 1 is 1.30 bits per heavy atom. The third-order valence-corrected chi connectivity index (χ3v) is 5.96. The summed E-state index contributed by atoms with van der Waals surface area (Å²) < 4.78 is 0. The minimum Gasteiger partial charge on any atom is -0.367 e. The standard InChI is InChI=1S/C17H26N2S/c1-12-10-15(11-18-16-5-6-16)4-7-17(12)19-8-9-20-14(3)13(19)2/h4,7,10,13-14,16,18H,5-6,8-9,11H2,1-3H3. The predicted octanol–water partition coefficient (Wildman–Crippen LogP) is 3.58. The molecule has 1 saturated carbocycles. The first-order valence-corrected chi connectivity index (χ1v) is 8.91. The number of anilines is 1. The lowest BCUT2D eigenvalue weighted by molar-refractivity contribution is 0.625. The highest BCUT2D eigenvalue weighted by Crippen LogP contribution is 2.31. The maximum absolute atomic E-state index is 3.60.